The maximum Gasteiger partial charge on any atom is 0.329 e. The van der Waals surface area contributed by atoms with Crippen LogP contribution in [0.25, 0.3) is 21.8 Å². The highest BCUT2D eigenvalue weighted by atomic mass is 32.2. The molecule has 0 saturated heterocycles. The summed E-state index contributed by atoms with van der Waals surface area (Å²) >= 11 is 0. The Morgan fingerprint density at radius 1 is 0.780 bits per heavy atom. The third-order valence-electron chi connectivity index (χ3n) is 5.59. The third kappa shape index (κ3) is 7.34. The maximum absolute atomic E-state index is 12.2. The van der Waals surface area contributed by atoms with Crippen LogP contribution in [0.1, 0.15) is 18.6 Å². The summed E-state index contributed by atoms with van der Waals surface area (Å²) in [5, 5.41) is 11.0. The molecule has 0 aliphatic heterocycles. The Hall–Kier alpha value is -4.58. The van der Waals surface area contributed by atoms with Crippen LogP contribution in [0.15, 0.2) is 43.4 Å². The fraction of sp³-hybridized carbons (Fsp3) is 0.304. The molecule has 0 saturated carbocycles. The molecule has 0 unspecified atom stereocenters. The average molecular weight is 613 g/mol. The highest BCUT2D eigenvalue weighted by Gasteiger charge is 2.18. The second-order valence-corrected chi connectivity index (χ2v) is 13.4. The van der Waals surface area contributed by atoms with Crippen molar-refractivity contribution in [2.24, 2.45) is 0 Å². The molecule has 2 aromatic heterocycles. The lowest BCUT2D eigenvalue weighted by Crippen LogP contribution is -2.37. The maximum atomic E-state index is 12.2. The van der Waals surface area contributed by atoms with E-state index in [1.54, 1.807) is 13.0 Å². The summed E-state index contributed by atoms with van der Waals surface area (Å²) in [6.07, 6.45) is 1.83. The van der Waals surface area contributed by atoms with Gasteiger partial charge in [-0.25, -0.2) is 35.6 Å². The quantitative estimate of drug-likeness (QED) is 0.155. The van der Waals surface area contributed by atoms with Crippen molar-refractivity contribution in [3.8, 4) is 0 Å². The molecule has 0 amide bonds. The van der Waals surface area contributed by atoms with Crippen LogP contribution < -0.4 is 28.2 Å². The number of aromatic amines is 2. The van der Waals surface area contributed by atoms with Gasteiger partial charge in [-0.2, -0.15) is 0 Å². The average Bonchev–Trinajstić information content (AvgIpc) is 2.80. The molecule has 0 fully saturated rings. The van der Waals surface area contributed by atoms with E-state index in [2.05, 4.69) is 9.97 Å². The van der Waals surface area contributed by atoms with Gasteiger partial charge in [-0.1, -0.05) is 7.43 Å². The molecule has 16 nitrogen and oxygen atoms in total. The van der Waals surface area contributed by atoms with Crippen LogP contribution in [0.3, 0.4) is 0 Å². The Bertz CT molecular complexity index is 2160. The Balaban J connectivity index is 0.000000281. The smallest absolute Gasteiger partial charge is 0.329 e. The van der Waals surface area contributed by atoms with E-state index in [0.717, 1.165) is 24.1 Å². The summed E-state index contributed by atoms with van der Waals surface area (Å²) in [7, 11) is -7.11. The van der Waals surface area contributed by atoms with E-state index in [1.165, 1.54) is 19.1 Å². The van der Waals surface area contributed by atoms with Gasteiger partial charge in [0.05, 0.1) is 26.7 Å². The van der Waals surface area contributed by atoms with Crippen molar-refractivity contribution in [2.45, 2.75) is 33.0 Å². The number of rotatable bonds is 5. The molecule has 0 aliphatic rings. The zero-order valence-electron chi connectivity index (χ0n) is 21.5. The molecule has 222 valence electrons. The topological polar surface area (TPSA) is 247 Å². The molecule has 4 aromatic rings. The van der Waals surface area contributed by atoms with Crippen molar-refractivity contribution in [3.05, 3.63) is 87.2 Å². The molecule has 4 rings (SSSR count). The van der Waals surface area contributed by atoms with Gasteiger partial charge in [0.1, 0.15) is 11.8 Å². The summed E-state index contributed by atoms with van der Waals surface area (Å²) in [6, 6.07) is 5.35. The molecular weight excluding hydrogens is 584 g/mol. The number of nitrogens with two attached hydrogens (primary N) is 1. The minimum atomic E-state index is -3.62. The molecule has 2 aromatic carbocycles. The number of sulfone groups is 2. The van der Waals surface area contributed by atoms with E-state index in [-0.39, 0.29) is 35.0 Å². The number of anilines is 1. The number of aromatic nitrogens is 4. The first-order valence-corrected chi connectivity index (χ1v) is 15.2. The normalized spacial score (nSPS) is 11.5. The third-order valence-corrected chi connectivity index (χ3v) is 7.05. The van der Waals surface area contributed by atoms with Crippen molar-refractivity contribution in [1.29, 1.82) is 0 Å². The van der Waals surface area contributed by atoms with Gasteiger partial charge >= 0.3 is 11.4 Å². The number of benzene rings is 2. The predicted molar refractivity (Wildman–Crippen MR) is 155 cm³/mol. The SMILES string of the molecule is C.Cc1cc2[nH]c(=O)n(CS(C)(=O)=O)c(=O)c2cc1N.Cc1cc2[nH]c(=O)n(CS(C)(=O)=O)c(=O)c2cc1[N+](=O)[O-]. The van der Waals surface area contributed by atoms with Crippen molar-refractivity contribution < 1.29 is 21.8 Å². The van der Waals surface area contributed by atoms with E-state index in [4.69, 9.17) is 5.73 Å². The minimum absolute atomic E-state index is 0. The number of nitro benzene ring substituents is 1. The Morgan fingerprint density at radius 3 is 1.56 bits per heavy atom. The molecule has 0 atom stereocenters. The number of hydrogen-bond donors (Lipinski definition) is 3. The molecule has 0 radical (unpaired) electrons. The first-order valence-electron chi connectivity index (χ1n) is 11.1. The molecule has 0 spiro atoms. The van der Waals surface area contributed by atoms with E-state index in [0.29, 0.717) is 20.3 Å². The Kier molecular flexibility index (Phi) is 9.15. The van der Waals surface area contributed by atoms with Gasteiger partial charge in [-0.3, -0.25) is 19.7 Å². The van der Waals surface area contributed by atoms with Crippen molar-refractivity contribution in [2.75, 3.05) is 18.2 Å². The van der Waals surface area contributed by atoms with Gasteiger partial charge < -0.3 is 15.7 Å². The van der Waals surface area contributed by atoms with Gasteiger partial charge in [0, 0.05) is 29.8 Å². The van der Waals surface area contributed by atoms with Crippen LogP contribution >= 0.6 is 0 Å². The van der Waals surface area contributed by atoms with E-state index < -0.39 is 58.8 Å². The number of fused-ring (bicyclic) bond motifs is 2. The molecule has 18 heteroatoms. The van der Waals surface area contributed by atoms with Crippen LogP contribution in [0, 0.1) is 24.0 Å². The fourth-order valence-corrected chi connectivity index (χ4v) is 5.13. The zero-order valence-corrected chi connectivity index (χ0v) is 23.2. The lowest BCUT2D eigenvalue weighted by molar-refractivity contribution is -0.385. The molecule has 41 heavy (non-hydrogen) atoms. The number of nitrogens with one attached hydrogen (secondary N) is 2. The van der Waals surface area contributed by atoms with Crippen LogP contribution in [-0.4, -0.2) is 53.4 Å². The second-order valence-electron chi connectivity index (χ2n) is 9.13. The number of aryl methyl sites for hydroxylation is 2. The van der Waals surface area contributed by atoms with Gasteiger partial charge in [-0.15, -0.1) is 0 Å². The number of nitrogens with zero attached hydrogens (tertiary/aromatic N) is 3. The van der Waals surface area contributed by atoms with E-state index >= 15 is 0 Å². The van der Waals surface area contributed by atoms with Crippen molar-refractivity contribution >= 4 is 52.9 Å². The van der Waals surface area contributed by atoms with Gasteiger partial charge in [0.15, 0.2) is 19.7 Å². The number of nitro groups is 1. The molecular formula is C23H28N6O10S2. The number of nitrogen functional groups attached to an aromatic ring is 1. The number of hydrogen-bond acceptors (Lipinski definition) is 11. The van der Waals surface area contributed by atoms with Gasteiger partial charge in [0.2, 0.25) is 0 Å². The highest BCUT2D eigenvalue weighted by Crippen LogP contribution is 2.21. The summed E-state index contributed by atoms with van der Waals surface area (Å²) in [6.45, 7) is 3.22. The molecule has 0 bridgehead atoms. The Morgan fingerprint density at radius 2 is 1.17 bits per heavy atom. The summed E-state index contributed by atoms with van der Waals surface area (Å²) in [5.74, 6) is -1.45. The first kappa shape index (κ1) is 32.6. The van der Waals surface area contributed by atoms with Crippen molar-refractivity contribution in [1.82, 2.24) is 19.1 Å². The summed E-state index contributed by atoms with van der Waals surface area (Å²) in [5.41, 5.74) is 4.11. The Labute approximate surface area is 232 Å². The summed E-state index contributed by atoms with van der Waals surface area (Å²) < 4.78 is 46.1. The summed E-state index contributed by atoms with van der Waals surface area (Å²) in [4.78, 5) is 62.9. The van der Waals surface area contributed by atoms with Gasteiger partial charge in [0.25, 0.3) is 16.8 Å². The molecule has 0 aliphatic carbocycles. The fourth-order valence-electron chi connectivity index (χ4n) is 3.72. The second kappa shape index (κ2) is 11.5. The predicted octanol–water partition coefficient (Wildman–Crippen LogP) is 0.127. The monoisotopic (exact) mass is 612 g/mol. The number of H-pyrrole nitrogens is 2. The van der Waals surface area contributed by atoms with Crippen molar-refractivity contribution in [3.63, 3.8) is 0 Å². The minimum Gasteiger partial charge on any atom is -0.398 e. The molecule has 2 heterocycles. The largest absolute Gasteiger partial charge is 0.398 e. The lowest BCUT2D eigenvalue weighted by atomic mass is 10.1. The van der Waals surface area contributed by atoms with Gasteiger partial charge in [-0.05, 0) is 37.6 Å². The van der Waals surface area contributed by atoms with Crippen LogP contribution in [0.4, 0.5) is 11.4 Å². The van der Waals surface area contributed by atoms with Crippen LogP contribution in [-0.2, 0) is 31.4 Å². The highest BCUT2D eigenvalue weighted by molar-refractivity contribution is 7.89. The molecule has 4 N–H and O–H groups in total. The van der Waals surface area contributed by atoms with Crippen LogP contribution in [0.5, 0.6) is 0 Å². The first-order chi connectivity index (χ1) is 18.3. The van der Waals surface area contributed by atoms with Crippen LogP contribution in [0.2, 0.25) is 0 Å². The van der Waals surface area contributed by atoms with E-state index in [9.17, 15) is 46.1 Å². The lowest BCUT2D eigenvalue weighted by Gasteiger charge is -2.07. The zero-order chi connectivity index (χ0) is 30.3. The van der Waals surface area contributed by atoms with E-state index in [1.807, 2.05) is 0 Å². The standard InChI is InChI=1S/C11H11N3O6S.C11H13N3O4S.CH4/c1-6-3-8-7(4-9(6)14(17)18)10(15)13(11(16)12-8)5-21(2,19)20;1-6-3-9-7(4-8(6)12)10(15)14(11(16)13-9)5-19(2,17)18;/h3-4H,5H2,1-2H3,(H,12,16);3-4H,5,12H2,1-2H3,(H,13,16);1H4.